The van der Waals surface area contributed by atoms with Crippen LogP contribution in [0.5, 0.6) is 0 Å². The van der Waals surface area contributed by atoms with Gasteiger partial charge in [-0.05, 0) is 96.3 Å². The summed E-state index contributed by atoms with van der Waals surface area (Å²) in [6.07, 6.45) is 75.5. The number of unbranched alkanes of at least 4 members (excludes halogenated alkanes) is 24. The number of carbonyl (C=O) groups excluding carboxylic acids is 3. The van der Waals surface area contributed by atoms with Gasteiger partial charge >= 0.3 is 17.9 Å². The standard InChI is InChI=1S/C63H106O6/c1-4-7-10-13-16-19-22-24-26-27-28-29-30-31-32-33-34-35-36-37-38-40-41-44-47-50-53-56-62(65)68-59-60(58-67-61(64)55-52-49-46-43-21-18-15-12-9-6-3)69-63(66)57-54-51-48-45-42-39-25-23-20-17-14-11-8-5-2/h7,10,12,15-16,19,24,26,28-29,31-32,34-35,37-38,60H,4-6,8-9,11,13-14,17-18,20-23,25,27,30,33,36,39-59H2,1-3H3/b10-7-,15-12-,19-16-,26-24-,29-28-,32-31-,35-34-,38-37-. The summed E-state index contributed by atoms with van der Waals surface area (Å²) < 4.78 is 16.8. The smallest absolute Gasteiger partial charge is 0.306 e. The maximum Gasteiger partial charge on any atom is 0.306 e. The van der Waals surface area contributed by atoms with E-state index in [1.54, 1.807) is 0 Å². The van der Waals surface area contributed by atoms with Gasteiger partial charge in [0, 0.05) is 19.3 Å². The molecule has 0 aromatic carbocycles. The summed E-state index contributed by atoms with van der Waals surface area (Å²) in [6.45, 7) is 6.45. The Bertz CT molecular complexity index is 1380. The van der Waals surface area contributed by atoms with Crippen LogP contribution in [0.1, 0.15) is 265 Å². The molecule has 0 saturated heterocycles. The summed E-state index contributed by atoms with van der Waals surface area (Å²) in [5, 5.41) is 0. The average Bonchev–Trinajstić information content (AvgIpc) is 3.35. The molecule has 0 aliphatic heterocycles. The minimum Gasteiger partial charge on any atom is -0.462 e. The van der Waals surface area contributed by atoms with Crippen LogP contribution in [0, 0.1) is 0 Å². The summed E-state index contributed by atoms with van der Waals surface area (Å²) in [5.74, 6) is -0.913. The molecule has 1 unspecified atom stereocenters. The first-order chi connectivity index (χ1) is 34.0. The van der Waals surface area contributed by atoms with Crippen LogP contribution in [0.3, 0.4) is 0 Å². The fourth-order valence-electron chi connectivity index (χ4n) is 7.78. The molecule has 1 atom stereocenters. The fraction of sp³-hybridized carbons (Fsp3) is 0.698. The second-order valence-corrected chi connectivity index (χ2v) is 18.8. The van der Waals surface area contributed by atoms with Crippen molar-refractivity contribution in [1.29, 1.82) is 0 Å². The maximum atomic E-state index is 12.8. The van der Waals surface area contributed by atoms with Crippen molar-refractivity contribution in [2.24, 2.45) is 0 Å². The molecule has 0 aliphatic rings. The van der Waals surface area contributed by atoms with E-state index in [2.05, 4.69) is 118 Å². The first kappa shape index (κ1) is 65.3. The molecule has 0 amide bonds. The lowest BCUT2D eigenvalue weighted by Gasteiger charge is -2.18. The van der Waals surface area contributed by atoms with Gasteiger partial charge in [-0.1, -0.05) is 246 Å². The van der Waals surface area contributed by atoms with E-state index in [-0.39, 0.29) is 31.1 Å². The Labute approximate surface area is 426 Å². The summed E-state index contributed by atoms with van der Waals surface area (Å²) in [4.78, 5) is 38.0. The predicted octanol–water partition coefficient (Wildman–Crippen LogP) is 19.3. The molecule has 6 nitrogen and oxygen atoms in total. The summed E-state index contributed by atoms with van der Waals surface area (Å²) in [5.41, 5.74) is 0. The molecule has 0 N–H and O–H groups in total. The quantitative estimate of drug-likeness (QED) is 0.0262. The Hall–Kier alpha value is -3.67. The number of allylic oxidation sites excluding steroid dienone is 16. The lowest BCUT2D eigenvalue weighted by molar-refractivity contribution is -0.167. The minimum atomic E-state index is -0.787. The van der Waals surface area contributed by atoms with Crippen molar-refractivity contribution in [2.75, 3.05) is 13.2 Å². The SMILES string of the molecule is CC/C=C\C/C=C\C/C=C\C/C=C\C/C=C\C/C=C\C/C=C\CCCCCCCC(=O)OCC(COC(=O)CCCCCCC/C=C\CCC)OC(=O)CCCCCCCCCCCCCCCC. The third-order valence-electron chi connectivity index (χ3n) is 12.1. The molecule has 0 aromatic rings. The molecular formula is C63H106O6. The first-order valence-electron chi connectivity index (χ1n) is 28.7. The topological polar surface area (TPSA) is 78.9 Å². The van der Waals surface area contributed by atoms with Gasteiger partial charge in [-0.25, -0.2) is 0 Å². The lowest BCUT2D eigenvalue weighted by Crippen LogP contribution is -2.30. The van der Waals surface area contributed by atoms with E-state index in [0.717, 1.165) is 135 Å². The highest BCUT2D eigenvalue weighted by Gasteiger charge is 2.19. The lowest BCUT2D eigenvalue weighted by atomic mass is 10.0. The number of ether oxygens (including phenoxy) is 3. The second kappa shape index (κ2) is 56.9. The normalized spacial score (nSPS) is 12.8. The zero-order valence-corrected chi connectivity index (χ0v) is 45.0. The van der Waals surface area contributed by atoms with Gasteiger partial charge in [0.2, 0.25) is 0 Å². The van der Waals surface area contributed by atoms with Crippen molar-refractivity contribution in [2.45, 2.75) is 271 Å². The van der Waals surface area contributed by atoms with Crippen LogP contribution >= 0.6 is 0 Å². The van der Waals surface area contributed by atoms with Gasteiger partial charge in [0.15, 0.2) is 6.10 Å². The molecule has 394 valence electrons. The van der Waals surface area contributed by atoms with E-state index in [4.69, 9.17) is 14.2 Å². The number of rotatable bonds is 51. The van der Waals surface area contributed by atoms with E-state index in [1.165, 1.54) is 89.9 Å². The van der Waals surface area contributed by atoms with Crippen LogP contribution in [-0.2, 0) is 28.6 Å². The molecule has 0 aliphatic carbocycles. The molecule has 6 heteroatoms. The van der Waals surface area contributed by atoms with Crippen LogP contribution in [0.2, 0.25) is 0 Å². The third-order valence-corrected chi connectivity index (χ3v) is 12.1. The van der Waals surface area contributed by atoms with Gasteiger partial charge in [-0.15, -0.1) is 0 Å². The summed E-state index contributed by atoms with van der Waals surface area (Å²) in [7, 11) is 0. The van der Waals surface area contributed by atoms with Gasteiger partial charge in [0.05, 0.1) is 0 Å². The Morgan fingerprint density at radius 3 is 0.957 bits per heavy atom. The molecular weight excluding hydrogens is 853 g/mol. The van der Waals surface area contributed by atoms with E-state index >= 15 is 0 Å². The van der Waals surface area contributed by atoms with Crippen molar-refractivity contribution in [1.82, 2.24) is 0 Å². The molecule has 0 aromatic heterocycles. The van der Waals surface area contributed by atoms with Gasteiger partial charge in [-0.3, -0.25) is 14.4 Å². The molecule has 0 bridgehead atoms. The molecule has 69 heavy (non-hydrogen) atoms. The van der Waals surface area contributed by atoms with Crippen molar-refractivity contribution >= 4 is 17.9 Å². The Morgan fingerprint density at radius 2 is 0.594 bits per heavy atom. The molecule has 0 heterocycles. The molecule has 0 saturated carbocycles. The van der Waals surface area contributed by atoms with Crippen molar-refractivity contribution in [3.8, 4) is 0 Å². The van der Waals surface area contributed by atoms with Crippen LogP contribution in [0.25, 0.3) is 0 Å². The highest BCUT2D eigenvalue weighted by Crippen LogP contribution is 2.15. The van der Waals surface area contributed by atoms with Crippen molar-refractivity contribution in [3.63, 3.8) is 0 Å². The third kappa shape index (κ3) is 55.1. The van der Waals surface area contributed by atoms with Crippen LogP contribution in [0.15, 0.2) is 97.2 Å². The highest BCUT2D eigenvalue weighted by molar-refractivity contribution is 5.71. The van der Waals surface area contributed by atoms with Crippen molar-refractivity contribution < 1.29 is 28.6 Å². The minimum absolute atomic E-state index is 0.0868. The largest absolute Gasteiger partial charge is 0.462 e. The fourth-order valence-corrected chi connectivity index (χ4v) is 7.78. The van der Waals surface area contributed by atoms with Crippen LogP contribution in [-0.4, -0.2) is 37.2 Å². The Balaban J connectivity index is 4.30. The average molecular weight is 960 g/mol. The van der Waals surface area contributed by atoms with Gasteiger partial charge < -0.3 is 14.2 Å². The number of esters is 3. The number of hydrogen-bond donors (Lipinski definition) is 0. The predicted molar refractivity (Wildman–Crippen MR) is 297 cm³/mol. The molecule has 0 fully saturated rings. The van der Waals surface area contributed by atoms with Gasteiger partial charge in [-0.2, -0.15) is 0 Å². The van der Waals surface area contributed by atoms with E-state index < -0.39 is 6.10 Å². The van der Waals surface area contributed by atoms with E-state index in [1.807, 2.05) is 0 Å². The number of hydrogen-bond acceptors (Lipinski definition) is 6. The van der Waals surface area contributed by atoms with Gasteiger partial charge in [0.25, 0.3) is 0 Å². The highest BCUT2D eigenvalue weighted by atomic mass is 16.6. The summed E-state index contributed by atoms with van der Waals surface area (Å²) >= 11 is 0. The van der Waals surface area contributed by atoms with E-state index in [9.17, 15) is 14.4 Å². The Kier molecular flexibility index (Phi) is 53.9. The second-order valence-electron chi connectivity index (χ2n) is 18.8. The Morgan fingerprint density at radius 1 is 0.304 bits per heavy atom. The van der Waals surface area contributed by atoms with Crippen molar-refractivity contribution in [3.05, 3.63) is 97.2 Å². The first-order valence-corrected chi connectivity index (χ1v) is 28.7. The maximum absolute atomic E-state index is 12.8. The summed E-state index contributed by atoms with van der Waals surface area (Å²) in [6, 6.07) is 0. The zero-order valence-electron chi connectivity index (χ0n) is 45.0. The molecule has 0 spiro atoms. The zero-order chi connectivity index (χ0) is 50.0. The van der Waals surface area contributed by atoms with E-state index in [0.29, 0.717) is 19.3 Å². The van der Waals surface area contributed by atoms with Crippen LogP contribution < -0.4 is 0 Å². The van der Waals surface area contributed by atoms with Gasteiger partial charge in [0.1, 0.15) is 13.2 Å². The molecule has 0 rings (SSSR count). The number of carbonyl (C=O) groups is 3. The van der Waals surface area contributed by atoms with Crippen LogP contribution in [0.4, 0.5) is 0 Å². The molecule has 0 radical (unpaired) electrons. The monoisotopic (exact) mass is 959 g/mol.